The number of nitrogens with one attached hydrogen (secondary N) is 2. The van der Waals surface area contributed by atoms with E-state index < -0.39 is 29.8 Å². The van der Waals surface area contributed by atoms with Crippen LogP contribution in [0.1, 0.15) is 45.6 Å². The Morgan fingerprint density at radius 3 is 2.59 bits per heavy atom. The first-order valence-corrected chi connectivity index (χ1v) is 15.3. The van der Waals surface area contributed by atoms with Crippen molar-refractivity contribution in [2.75, 3.05) is 23.7 Å². The molecular weight excluding hydrogens is 594 g/mol. The third-order valence-electron chi connectivity index (χ3n) is 7.92. The van der Waals surface area contributed by atoms with E-state index in [1.54, 1.807) is 41.6 Å². The first-order chi connectivity index (χ1) is 21.9. The van der Waals surface area contributed by atoms with Crippen molar-refractivity contribution in [2.24, 2.45) is 5.92 Å². The molecule has 1 aliphatic carbocycles. The summed E-state index contributed by atoms with van der Waals surface area (Å²) in [6.45, 7) is 8.53. The lowest BCUT2D eigenvalue weighted by molar-refractivity contribution is -0.119. The summed E-state index contributed by atoms with van der Waals surface area (Å²) < 4.78 is 39.0. The van der Waals surface area contributed by atoms with E-state index in [4.69, 9.17) is 14.5 Å². The first kappa shape index (κ1) is 31.1. The van der Waals surface area contributed by atoms with Crippen LogP contribution in [0.15, 0.2) is 60.9 Å². The number of aromatic nitrogens is 3. The largest absolute Gasteiger partial charge is 0.444 e. The molecule has 6 rings (SSSR count). The molecule has 2 fully saturated rings. The van der Waals surface area contributed by atoms with Crippen LogP contribution in [0, 0.1) is 12.8 Å². The van der Waals surface area contributed by atoms with Crippen molar-refractivity contribution in [3.05, 3.63) is 66.5 Å². The maximum absolute atomic E-state index is 13.5. The highest BCUT2D eigenvalue weighted by Crippen LogP contribution is 2.49. The molecule has 2 aromatic heterocycles. The predicted octanol–water partition coefficient (Wildman–Crippen LogP) is 7.20. The molecule has 0 unspecified atom stereocenters. The van der Waals surface area contributed by atoms with Gasteiger partial charge >= 0.3 is 6.09 Å². The van der Waals surface area contributed by atoms with Crippen molar-refractivity contribution in [3.63, 3.8) is 0 Å². The summed E-state index contributed by atoms with van der Waals surface area (Å²) in [5, 5.41) is 7.37. The topological polar surface area (TPSA) is 119 Å². The highest BCUT2D eigenvalue weighted by atomic mass is 19.3. The lowest BCUT2D eigenvalue weighted by Gasteiger charge is -2.34. The number of carbonyl (C=O) groups excluding carboxylic acids is 2. The monoisotopic (exact) mass is 630 g/mol. The van der Waals surface area contributed by atoms with Crippen LogP contribution in [-0.4, -0.2) is 62.5 Å². The van der Waals surface area contributed by atoms with E-state index in [1.807, 2.05) is 52.0 Å². The number of nitrogens with zero attached hydrogens (tertiary/aromatic N) is 4. The number of halogens is 2. The van der Waals surface area contributed by atoms with Gasteiger partial charge in [0.15, 0.2) is 0 Å². The minimum Gasteiger partial charge on any atom is -0.444 e. The Morgan fingerprint density at radius 1 is 1.02 bits per heavy atom. The summed E-state index contributed by atoms with van der Waals surface area (Å²) in [5.74, 6) is -3.74. The Balaban J connectivity index is 1.23. The zero-order valence-electron chi connectivity index (χ0n) is 26.1. The number of piperidine rings is 1. The molecule has 2 N–H and O–H groups in total. The zero-order valence-corrected chi connectivity index (χ0v) is 26.1. The number of pyridine rings is 1. The van der Waals surface area contributed by atoms with Crippen LogP contribution in [0.25, 0.3) is 22.0 Å². The van der Waals surface area contributed by atoms with Gasteiger partial charge in [0, 0.05) is 54.4 Å². The number of likely N-dealkylation sites (tertiary alicyclic amines) is 1. The minimum atomic E-state index is -2.96. The number of amides is 2. The minimum absolute atomic E-state index is 0.0553. The number of hydrogen-bond acceptors (Lipinski definition) is 8. The van der Waals surface area contributed by atoms with Crippen LogP contribution in [0.2, 0.25) is 0 Å². The van der Waals surface area contributed by atoms with E-state index in [0.29, 0.717) is 58.4 Å². The van der Waals surface area contributed by atoms with E-state index in [1.165, 1.54) is 0 Å². The number of hydrogen-bond donors (Lipinski definition) is 2. The molecule has 1 aliphatic heterocycles. The van der Waals surface area contributed by atoms with Gasteiger partial charge in [-0.3, -0.25) is 4.79 Å². The fourth-order valence-electron chi connectivity index (χ4n) is 5.51. The van der Waals surface area contributed by atoms with Crippen LogP contribution >= 0.6 is 0 Å². The lowest BCUT2D eigenvalue weighted by atomic mass is 10.0. The highest BCUT2D eigenvalue weighted by Gasteiger charge is 2.61. The van der Waals surface area contributed by atoms with Gasteiger partial charge in [0.05, 0.1) is 11.3 Å². The first-order valence-electron chi connectivity index (χ1n) is 15.3. The summed E-state index contributed by atoms with van der Waals surface area (Å²) >= 11 is 0. The van der Waals surface area contributed by atoms with Crippen LogP contribution in [-0.2, 0) is 9.53 Å². The van der Waals surface area contributed by atoms with Crippen LogP contribution in [0.5, 0.6) is 11.6 Å². The quantitative estimate of drug-likeness (QED) is 0.220. The van der Waals surface area contributed by atoms with Crippen molar-refractivity contribution in [2.45, 2.75) is 64.5 Å². The van der Waals surface area contributed by atoms with Gasteiger partial charge in [0.1, 0.15) is 17.3 Å². The Kier molecular flexibility index (Phi) is 8.22. The zero-order chi connectivity index (χ0) is 32.6. The molecule has 46 heavy (non-hydrogen) atoms. The number of fused-ring (bicyclic) bond motifs is 1. The molecule has 0 spiro atoms. The smallest absolute Gasteiger partial charge is 0.410 e. The second kappa shape index (κ2) is 12.1. The van der Waals surface area contributed by atoms with Gasteiger partial charge in [-0.2, -0.15) is 0 Å². The van der Waals surface area contributed by atoms with Gasteiger partial charge in [-0.1, -0.05) is 24.3 Å². The summed E-state index contributed by atoms with van der Waals surface area (Å²) in [6, 6.07) is 14.3. The van der Waals surface area contributed by atoms with Gasteiger partial charge in [-0.15, -0.1) is 0 Å². The van der Waals surface area contributed by atoms with Crippen molar-refractivity contribution >= 4 is 34.4 Å². The van der Waals surface area contributed by atoms with Crippen molar-refractivity contribution in [1.82, 2.24) is 19.9 Å². The van der Waals surface area contributed by atoms with Crippen molar-refractivity contribution < 1.29 is 27.8 Å². The molecule has 2 aliphatic rings. The standard InChI is InChI=1S/C34H36F2N6O4/c1-20-12-13-22-23(9-5-11-26(22)40-29(43)25-18-34(25,35)36)28(20)45-30-24(10-6-15-37-30)27-14-16-38-31(41-27)39-21-8-7-17-42(19-21)32(44)46-33(2,3)4/h5-6,9-16,21,25H,7-8,17-19H2,1-4H3,(H,40,43)(H,38,39,41)/t21-,25-/m0/s1. The Morgan fingerprint density at radius 2 is 1.83 bits per heavy atom. The molecule has 2 atom stereocenters. The van der Waals surface area contributed by atoms with Gasteiger partial charge < -0.3 is 25.0 Å². The molecule has 0 bridgehead atoms. The van der Waals surface area contributed by atoms with Crippen LogP contribution in [0.4, 0.5) is 25.2 Å². The predicted molar refractivity (Wildman–Crippen MR) is 170 cm³/mol. The molecule has 0 radical (unpaired) electrons. The third kappa shape index (κ3) is 6.85. The van der Waals surface area contributed by atoms with Crippen molar-refractivity contribution in [3.8, 4) is 22.9 Å². The normalized spacial score (nSPS) is 19.0. The highest BCUT2D eigenvalue weighted by molar-refractivity contribution is 6.06. The maximum atomic E-state index is 13.5. The van der Waals surface area contributed by atoms with E-state index >= 15 is 0 Å². The third-order valence-corrected chi connectivity index (χ3v) is 7.92. The number of benzene rings is 2. The molecule has 1 saturated carbocycles. The molecule has 2 amide bonds. The van der Waals surface area contributed by atoms with Gasteiger partial charge in [-0.05, 0) is 70.4 Å². The molecule has 4 aromatic rings. The average Bonchev–Trinajstić information content (AvgIpc) is 3.66. The Labute approximate surface area is 265 Å². The van der Waals surface area contributed by atoms with E-state index in [0.717, 1.165) is 18.4 Å². The second-order valence-corrected chi connectivity index (χ2v) is 12.8. The van der Waals surface area contributed by atoms with E-state index in [9.17, 15) is 18.4 Å². The fourth-order valence-corrected chi connectivity index (χ4v) is 5.51. The summed E-state index contributed by atoms with van der Waals surface area (Å²) in [4.78, 5) is 40.5. The number of alkyl halides is 2. The molecule has 3 heterocycles. The number of anilines is 2. The molecule has 10 nitrogen and oxygen atoms in total. The SMILES string of the molecule is Cc1ccc2c(NC(=O)[C@@H]3CC3(F)F)cccc2c1Oc1ncccc1-c1ccnc(N[C@H]2CCCN(C(=O)OC(C)(C)C)C2)n1. The number of carbonyl (C=O) groups is 2. The Bertz CT molecular complexity index is 1790. The summed E-state index contributed by atoms with van der Waals surface area (Å²) in [5.41, 5.74) is 1.88. The maximum Gasteiger partial charge on any atom is 0.410 e. The van der Waals surface area contributed by atoms with Crippen molar-refractivity contribution in [1.29, 1.82) is 0 Å². The lowest BCUT2D eigenvalue weighted by Crippen LogP contribution is -2.47. The summed E-state index contributed by atoms with van der Waals surface area (Å²) in [7, 11) is 0. The molecule has 1 saturated heterocycles. The number of ether oxygens (including phenoxy) is 2. The average molecular weight is 631 g/mol. The molecule has 2 aromatic carbocycles. The molecule has 12 heteroatoms. The number of aryl methyl sites for hydroxylation is 1. The van der Waals surface area contributed by atoms with Crippen LogP contribution in [0.3, 0.4) is 0 Å². The van der Waals surface area contributed by atoms with Gasteiger partial charge in [0.25, 0.3) is 5.92 Å². The van der Waals surface area contributed by atoms with E-state index in [2.05, 4.69) is 20.6 Å². The Hall–Kier alpha value is -4.87. The molecule has 240 valence electrons. The van der Waals surface area contributed by atoms with Gasteiger partial charge in [0.2, 0.25) is 17.7 Å². The fraction of sp³-hybridized carbons (Fsp3) is 0.382. The summed E-state index contributed by atoms with van der Waals surface area (Å²) in [6.07, 6.45) is 4.16. The van der Waals surface area contributed by atoms with Gasteiger partial charge in [-0.25, -0.2) is 28.5 Å². The second-order valence-electron chi connectivity index (χ2n) is 12.8. The number of rotatable bonds is 7. The molecular formula is C34H36F2N6O4. The van der Waals surface area contributed by atoms with E-state index in [-0.39, 0.29) is 12.1 Å². The van der Waals surface area contributed by atoms with Crippen LogP contribution < -0.4 is 15.4 Å².